The molecular formula is C20H37N3O2. The van der Waals surface area contributed by atoms with Crippen molar-refractivity contribution in [3.8, 4) is 0 Å². The molecule has 0 bridgehead atoms. The molecule has 0 unspecified atom stereocenters. The second kappa shape index (κ2) is 9.33. The third kappa shape index (κ3) is 5.66. The molecule has 1 aliphatic carbocycles. The number of nitrogens with one attached hydrogen (secondary N) is 1. The molecule has 5 nitrogen and oxygen atoms in total. The van der Waals surface area contributed by atoms with Gasteiger partial charge in [0.2, 0.25) is 5.91 Å². The highest BCUT2D eigenvalue weighted by molar-refractivity contribution is 5.79. The fourth-order valence-electron chi connectivity index (χ4n) is 4.90. The highest BCUT2D eigenvalue weighted by Crippen LogP contribution is 2.27. The summed E-state index contributed by atoms with van der Waals surface area (Å²) in [6, 6.07) is 0.747. The van der Waals surface area contributed by atoms with Crippen LogP contribution in [0.25, 0.3) is 0 Å². The average Bonchev–Trinajstić information content (AvgIpc) is 3.09. The molecule has 1 amide bonds. The maximum absolute atomic E-state index is 12.5. The van der Waals surface area contributed by atoms with Crippen LogP contribution in [0.4, 0.5) is 0 Å². The lowest BCUT2D eigenvalue weighted by molar-refractivity contribution is -0.124. The number of amides is 1. The number of ether oxygens (including phenoxy) is 1. The molecule has 2 aliphatic heterocycles. The fourth-order valence-corrected chi connectivity index (χ4v) is 4.90. The summed E-state index contributed by atoms with van der Waals surface area (Å²) < 4.78 is 5.77. The van der Waals surface area contributed by atoms with Crippen molar-refractivity contribution in [2.45, 2.75) is 77.0 Å². The second-order valence-electron chi connectivity index (χ2n) is 8.43. The summed E-state index contributed by atoms with van der Waals surface area (Å²) in [6.07, 6.45) is 9.54. The molecule has 144 valence electrons. The van der Waals surface area contributed by atoms with Gasteiger partial charge in [-0.15, -0.1) is 0 Å². The highest BCUT2D eigenvalue weighted by Gasteiger charge is 2.32. The van der Waals surface area contributed by atoms with Gasteiger partial charge in [0.15, 0.2) is 0 Å². The Morgan fingerprint density at radius 2 is 1.76 bits per heavy atom. The molecular weight excluding hydrogens is 314 g/mol. The van der Waals surface area contributed by atoms with Crippen molar-refractivity contribution in [2.24, 2.45) is 5.92 Å². The van der Waals surface area contributed by atoms with E-state index in [0.29, 0.717) is 12.2 Å². The smallest absolute Gasteiger partial charge is 0.224 e. The Hall–Kier alpha value is -0.650. The van der Waals surface area contributed by atoms with Gasteiger partial charge in [0.25, 0.3) is 0 Å². The molecule has 1 saturated carbocycles. The summed E-state index contributed by atoms with van der Waals surface area (Å²) in [5, 5.41) is 3.19. The number of likely N-dealkylation sites (tertiary alicyclic amines) is 1. The van der Waals surface area contributed by atoms with Gasteiger partial charge < -0.3 is 10.1 Å². The topological polar surface area (TPSA) is 44.8 Å². The first-order valence-corrected chi connectivity index (χ1v) is 10.5. The summed E-state index contributed by atoms with van der Waals surface area (Å²) in [5.74, 6) is 0.493. The molecule has 0 aromatic heterocycles. The van der Waals surface area contributed by atoms with Crippen molar-refractivity contribution in [1.82, 2.24) is 15.1 Å². The second-order valence-corrected chi connectivity index (χ2v) is 8.43. The molecule has 2 saturated heterocycles. The van der Waals surface area contributed by atoms with Crippen LogP contribution in [0.15, 0.2) is 0 Å². The van der Waals surface area contributed by atoms with E-state index in [4.69, 9.17) is 4.74 Å². The normalized spacial score (nSPS) is 32.8. The zero-order chi connectivity index (χ0) is 17.6. The zero-order valence-corrected chi connectivity index (χ0v) is 16.2. The number of nitrogens with zero attached hydrogens (tertiary/aromatic N) is 2. The lowest BCUT2D eigenvalue weighted by Gasteiger charge is -2.35. The third-order valence-corrected chi connectivity index (χ3v) is 6.13. The highest BCUT2D eigenvalue weighted by atomic mass is 16.5. The third-order valence-electron chi connectivity index (χ3n) is 6.13. The van der Waals surface area contributed by atoms with Crippen molar-refractivity contribution in [2.75, 3.05) is 39.3 Å². The largest absolute Gasteiger partial charge is 0.373 e. The predicted molar refractivity (Wildman–Crippen MR) is 101 cm³/mol. The minimum absolute atomic E-state index is 0.213. The average molecular weight is 352 g/mol. The van der Waals surface area contributed by atoms with Crippen molar-refractivity contribution >= 4 is 5.91 Å². The Bertz CT molecular complexity index is 415. The van der Waals surface area contributed by atoms with Crippen LogP contribution in [0, 0.1) is 5.92 Å². The number of carbonyl (C=O) groups is 1. The molecule has 3 rings (SSSR count). The molecule has 0 radical (unpaired) electrons. The molecule has 0 aromatic carbocycles. The fraction of sp³-hybridized carbons (Fsp3) is 0.950. The van der Waals surface area contributed by atoms with Crippen LogP contribution in [-0.2, 0) is 9.53 Å². The molecule has 5 heteroatoms. The standard InChI is InChI=1S/C20H37N3O2/c1-16-13-22(14-17(2)25-16)11-6-10-21-20(24)18-9-12-23(15-18)19-7-4-3-5-8-19/h16-19H,3-15H2,1-2H3,(H,21,24)/t16-,17+,18-/m0/s1. The summed E-state index contributed by atoms with van der Waals surface area (Å²) in [4.78, 5) is 17.5. The Kier molecular flexibility index (Phi) is 7.14. The molecule has 3 fully saturated rings. The molecule has 3 aliphatic rings. The summed E-state index contributed by atoms with van der Waals surface area (Å²) in [6.45, 7) is 10.3. The van der Waals surface area contributed by atoms with Crippen molar-refractivity contribution in [3.63, 3.8) is 0 Å². The van der Waals surface area contributed by atoms with E-state index in [9.17, 15) is 4.79 Å². The van der Waals surface area contributed by atoms with Gasteiger partial charge in [0.05, 0.1) is 18.1 Å². The number of rotatable bonds is 6. The lowest BCUT2D eigenvalue weighted by atomic mass is 9.94. The van der Waals surface area contributed by atoms with Crippen LogP contribution >= 0.6 is 0 Å². The van der Waals surface area contributed by atoms with Gasteiger partial charge in [-0.05, 0) is 46.1 Å². The molecule has 2 heterocycles. The predicted octanol–water partition coefficient (Wildman–Crippen LogP) is 2.26. The van der Waals surface area contributed by atoms with E-state index in [-0.39, 0.29) is 11.8 Å². The van der Waals surface area contributed by atoms with E-state index in [1.807, 2.05) is 0 Å². The van der Waals surface area contributed by atoms with Gasteiger partial charge in [-0.1, -0.05) is 19.3 Å². The molecule has 0 spiro atoms. The van der Waals surface area contributed by atoms with Gasteiger partial charge in [0.1, 0.15) is 0 Å². The van der Waals surface area contributed by atoms with E-state index in [0.717, 1.165) is 58.2 Å². The van der Waals surface area contributed by atoms with E-state index in [1.54, 1.807) is 0 Å². The number of carbonyl (C=O) groups excluding carboxylic acids is 1. The van der Waals surface area contributed by atoms with Crippen LogP contribution in [-0.4, -0.2) is 73.2 Å². The van der Waals surface area contributed by atoms with Crippen molar-refractivity contribution < 1.29 is 9.53 Å². The maximum Gasteiger partial charge on any atom is 0.224 e. The molecule has 25 heavy (non-hydrogen) atoms. The Morgan fingerprint density at radius 3 is 2.48 bits per heavy atom. The van der Waals surface area contributed by atoms with Crippen LogP contribution in [0.5, 0.6) is 0 Å². The number of hydrogen-bond acceptors (Lipinski definition) is 4. The van der Waals surface area contributed by atoms with Crippen molar-refractivity contribution in [3.05, 3.63) is 0 Å². The summed E-state index contributed by atoms with van der Waals surface area (Å²) >= 11 is 0. The molecule has 3 atom stereocenters. The summed E-state index contributed by atoms with van der Waals surface area (Å²) in [5.41, 5.74) is 0. The summed E-state index contributed by atoms with van der Waals surface area (Å²) in [7, 11) is 0. The first kappa shape index (κ1) is 19.1. The monoisotopic (exact) mass is 351 g/mol. The first-order valence-electron chi connectivity index (χ1n) is 10.5. The zero-order valence-electron chi connectivity index (χ0n) is 16.2. The number of hydrogen-bond donors (Lipinski definition) is 1. The maximum atomic E-state index is 12.5. The Morgan fingerprint density at radius 1 is 1.04 bits per heavy atom. The minimum Gasteiger partial charge on any atom is -0.373 e. The van der Waals surface area contributed by atoms with E-state index < -0.39 is 0 Å². The van der Waals surface area contributed by atoms with Gasteiger partial charge in [-0.2, -0.15) is 0 Å². The van der Waals surface area contributed by atoms with E-state index in [1.165, 1.54) is 32.1 Å². The van der Waals surface area contributed by atoms with Gasteiger partial charge in [0, 0.05) is 38.8 Å². The Labute approximate surface area is 153 Å². The quantitative estimate of drug-likeness (QED) is 0.746. The van der Waals surface area contributed by atoms with Crippen molar-refractivity contribution in [1.29, 1.82) is 0 Å². The lowest BCUT2D eigenvalue weighted by Crippen LogP contribution is -2.46. The van der Waals surface area contributed by atoms with Crippen LogP contribution in [0.2, 0.25) is 0 Å². The van der Waals surface area contributed by atoms with Gasteiger partial charge in [-0.25, -0.2) is 0 Å². The van der Waals surface area contributed by atoms with Crippen LogP contribution in [0.1, 0.15) is 58.8 Å². The van der Waals surface area contributed by atoms with Crippen LogP contribution in [0.3, 0.4) is 0 Å². The first-order chi connectivity index (χ1) is 12.1. The number of morpholine rings is 1. The molecule has 1 N–H and O–H groups in total. The minimum atomic E-state index is 0.213. The Balaban J connectivity index is 1.30. The van der Waals surface area contributed by atoms with E-state index in [2.05, 4.69) is 29.0 Å². The van der Waals surface area contributed by atoms with E-state index >= 15 is 0 Å². The van der Waals surface area contributed by atoms with Crippen LogP contribution < -0.4 is 5.32 Å². The van der Waals surface area contributed by atoms with Gasteiger partial charge >= 0.3 is 0 Å². The molecule has 0 aromatic rings. The van der Waals surface area contributed by atoms with Gasteiger partial charge in [-0.3, -0.25) is 14.6 Å². The SMILES string of the molecule is C[C@@H]1CN(CCCNC(=O)[C@H]2CCN(C3CCCCC3)C2)C[C@H](C)O1.